The van der Waals surface area contributed by atoms with Crippen molar-refractivity contribution in [2.45, 2.75) is 143 Å². The zero-order valence-corrected chi connectivity index (χ0v) is 23.3. The molecule has 5 aliphatic rings. The van der Waals surface area contributed by atoms with Gasteiger partial charge in [-0.25, -0.2) is 0 Å². The molecule has 4 fully saturated rings. The van der Waals surface area contributed by atoms with E-state index in [0.717, 1.165) is 61.7 Å². The average molecular weight is 471 g/mol. The van der Waals surface area contributed by atoms with Crippen molar-refractivity contribution < 1.29 is 10.2 Å². The van der Waals surface area contributed by atoms with Gasteiger partial charge in [0.2, 0.25) is 0 Å². The van der Waals surface area contributed by atoms with Crippen LogP contribution in [-0.2, 0) is 0 Å². The minimum atomic E-state index is -0.493. The van der Waals surface area contributed by atoms with E-state index in [0.29, 0.717) is 16.2 Å². The van der Waals surface area contributed by atoms with Gasteiger partial charge in [-0.05, 0) is 143 Å². The van der Waals surface area contributed by atoms with Crippen LogP contribution in [0.5, 0.6) is 0 Å². The van der Waals surface area contributed by atoms with Crippen molar-refractivity contribution in [2.75, 3.05) is 0 Å². The molecule has 0 aliphatic heterocycles. The van der Waals surface area contributed by atoms with Crippen LogP contribution in [0.2, 0.25) is 0 Å². The molecule has 5 rings (SSSR count). The summed E-state index contributed by atoms with van der Waals surface area (Å²) in [5.74, 6) is 4.08. The number of rotatable bonds is 4. The maximum atomic E-state index is 11.3. The van der Waals surface area contributed by atoms with Gasteiger partial charge in [0.25, 0.3) is 0 Å². The van der Waals surface area contributed by atoms with Crippen molar-refractivity contribution in [3.8, 4) is 0 Å². The van der Waals surface area contributed by atoms with Gasteiger partial charge >= 0.3 is 0 Å². The minimum Gasteiger partial charge on any atom is -0.390 e. The Balaban J connectivity index is 1.26. The van der Waals surface area contributed by atoms with E-state index in [1.807, 2.05) is 6.92 Å². The Morgan fingerprint density at radius 1 is 0.853 bits per heavy atom. The second-order valence-electron chi connectivity index (χ2n) is 15.6. The third kappa shape index (κ3) is 4.25. The normalized spacial score (nSPS) is 48.3. The van der Waals surface area contributed by atoms with Gasteiger partial charge in [-0.1, -0.05) is 46.3 Å². The second kappa shape index (κ2) is 8.34. The third-order valence-electron chi connectivity index (χ3n) is 12.7. The van der Waals surface area contributed by atoms with Gasteiger partial charge in [0.1, 0.15) is 0 Å². The van der Waals surface area contributed by atoms with E-state index in [-0.39, 0.29) is 0 Å². The first-order valence-corrected chi connectivity index (χ1v) is 14.9. The van der Waals surface area contributed by atoms with Crippen LogP contribution >= 0.6 is 0 Å². The molecule has 0 aromatic heterocycles. The number of hydrogen-bond acceptors (Lipinski definition) is 2. The van der Waals surface area contributed by atoms with Crippen LogP contribution in [0.4, 0.5) is 0 Å². The largest absolute Gasteiger partial charge is 0.390 e. The van der Waals surface area contributed by atoms with Crippen LogP contribution in [0.1, 0.15) is 131 Å². The molecule has 0 saturated heterocycles. The lowest BCUT2D eigenvalue weighted by Gasteiger charge is -2.59. The predicted octanol–water partition coefficient (Wildman–Crippen LogP) is 8.06. The second-order valence-corrected chi connectivity index (χ2v) is 15.6. The topological polar surface area (TPSA) is 40.5 Å². The summed E-state index contributed by atoms with van der Waals surface area (Å²) in [4.78, 5) is 0. The number of aliphatic hydroxyl groups is 2. The summed E-state index contributed by atoms with van der Waals surface area (Å²) in [6.45, 7) is 14.5. The Kier molecular flexibility index (Phi) is 6.21. The van der Waals surface area contributed by atoms with E-state index in [1.54, 1.807) is 5.57 Å². The van der Waals surface area contributed by atoms with Gasteiger partial charge in [0, 0.05) is 0 Å². The number of allylic oxidation sites excluding steroid dienone is 1. The van der Waals surface area contributed by atoms with Gasteiger partial charge < -0.3 is 10.2 Å². The molecule has 2 nitrogen and oxygen atoms in total. The smallest absolute Gasteiger partial charge is 0.0657 e. The molecular weight excluding hydrogens is 416 g/mol. The molecule has 0 aromatic rings. The molecule has 0 heterocycles. The van der Waals surface area contributed by atoms with Gasteiger partial charge in [0.05, 0.1) is 11.2 Å². The van der Waals surface area contributed by atoms with E-state index >= 15 is 0 Å². The van der Waals surface area contributed by atoms with E-state index < -0.39 is 11.2 Å². The first kappa shape index (κ1) is 25.3. The summed E-state index contributed by atoms with van der Waals surface area (Å²) in [5, 5.41) is 22.0. The number of fused-ring (bicyclic) bond motifs is 5. The lowest BCUT2D eigenvalue weighted by Crippen LogP contribution is -2.52. The summed E-state index contributed by atoms with van der Waals surface area (Å²) in [7, 11) is 0. The fraction of sp³-hybridized carbons (Fsp3) is 0.938. The minimum absolute atomic E-state index is 0.328. The molecule has 0 amide bonds. The van der Waals surface area contributed by atoms with Crippen molar-refractivity contribution in [1.29, 1.82) is 0 Å². The molecule has 8 atom stereocenters. The molecular formula is C32H54O2. The number of hydrogen-bond donors (Lipinski definition) is 2. The van der Waals surface area contributed by atoms with Crippen LogP contribution in [-0.4, -0.2) is 21.4 Å². The zero-order valence-electron chi connectivity index (χ0n) is 23.3. The first-order valence-electron chi connectivity index (χ1n) is 14.9. The first-order chi connectivity index (χ1) is 15.8. The Morgan fingerprint density at radius 2 is 1.56 bits per heavy atom. The summed E-state index contributed by atoms with van der Waals surface area (Å²) < 4.78 is 0. The fourth-order valence-corrected chi connectivity index (χ4v) is 10.1. The summed E-state index contributed by atoms with van der Waals surface area (Å²) in [6, 6.07) is 0. The maximum absolute atomic E-state index is 11.3. The molecule has 2 heteroatoms. The van der Waals surface area contributed by atoms with Crippen LogP contribution in [0, 0.1) is 45.8 Å². The van der Waals surface area contributed by atoms with Crippen LogP contribution < -0.4 is 0 Å². The highest BCUT2D eigenvalue weighted by Crippen LogP contribution is 2.67. The zero-order chi connectivity index (χ0) is 24.6. The monoisotopic (exact) mass is 470 g/mol. The van der Waals surface area contributed by atoms with Gasteiger partial charge in [-0.3, -0.25) is 0 Å². The Labute approximate surface area is 210 Å². The Bertz CT molecular complexity index is 798. The van der Waals surface area contributed by atoms with Crippen LogP contribution in [0.25, 0.3) is 0 Å². The van der Waals surface area contributed by atoms with Crippen molar-refractivity contribution in [1.82, 2.24) is 0 Å². The molecule has 0 spiro atoms. The molecule has 0 bridgehead atoms. The quantitative estimate of drug-likeness (QED) is 0.408. The Morgan fingerprint density at radius 3 is 2.26 bits per heavy atom. The summed E-state index contributed by atoms with van der Waals surface area (Å²) in [5.41, 5.74) is 1.92. The third-order valence-corrected chi connectivity index (χ3v) is 12.7. The average Bonchev–Trinajstić information content (AvgIpc) is 3.12. The summed E-state index contributed by atoms with van der Waals surface area (Å²) >= 11 is 0. The van der Waals surface area contributed by atoms with E-state index in [1.165, 1.54) is 57.8 Å². The standard InChI is InChI=1S/C32H54O2/c1-22(11-14-32(34)19-15-28(2,3)16-20-32)25-9-10-26-24-8-7-23-21-29(4,33)17-18-30(23,5)27(24)12-13-31(25,26)6/h7,22,24-27,33-34H,8-21H2,1-6H3/t22-,24+,25-,26+,27+,29+,30+,31-/m1/s1. The maximum Gasteiger partial charge on any atom is 0.0657 e. The van der Waals surface area contributed by atoms with Crippen molar-refractivity contribution in [3.05, 3.63) is 11.6 Å². The predicted molar refractivity (Wildman–Crippen MR) is 141 cm³/mol. The highest BCUT2D eigenvalue weighted by atomic mass is 16.3. The van der Waals surface area contributed by atoms with Crippen LogP contribution in [0.15, 0.2) is 11.6 Å². The van der Waals surface area contributed by atoms with E-state index in [9.17, 15) is 10.2 Å². The molecule has 0 unspecified atom stereocenters. The molecule has 194 valence electrons. The van der Waals surface area contributed by atoms with Crippen molar-refractivity contribution in [3.63, 3.8) is 0 Å². The van der Waals surface area contributed by atoms with E-state index in [4.69, 9.17) is 0 Å². The fourth-order valence-electron chi connectivity index (χ4n) is 10.1. The highest BCUT2D eigenvalue weighted by molar-refractivity contribution is 5.26. The van der Waals surface area contributed by atoms with Gasteiger partial charge in [-0.2, -0.15) is 0 Å². The highest BCUT2D eigenvalue weighted by Gasteiger charge is 2.59. The lowest BCUT2D eigenvalue weighted by atomic mass is 9.46. The molecule has 2 N–H and O–H groups in total. The van der Waals surface area contributed by atoms with Crippen molar-refractivity contribution >= 4 is 0 Å². The molecule has 34 heavy (non-hydrogen) atoms. The van der Waals surface area contributed by atoms with Crippen molar-refractivity contribution in [2.24, 2.45) is 45.8 Å². The van der Waals surface area contributed by atoms with Crippen LogP contribution in [0.3, 0.4) is 0 Å². The van der Waals surface area contributed by atoms with Gasteiger partial charge in [-0.15, -0.1) is 0 Å². The Hall–Kier alpha value is -0.340. The SMILES string of the molecule is C[C@H](CCC1(O)CCC(C)(C)CC1)[C@H]1CC[C@H]2[C@@H]3CC=C4C[C@@](C)(O)CC[C@]4(C)[C@H]3CC[C@]12C. The molecule has 0 radical (unpaired) electrons. The molecule has 5 aliphatic carbocycles. The molecule has 4 saturated carbocycles. The van der Waals surface area contributed by atoms with E-state index in [2.05, 4.69) is 40.7 Å². The molecule has 0 aromatic carbocycles. The van der Waals surface area contributed by atoms with Gasteiger partial charge in [0.15, 0.2) is 0 Å². The lowest BCUT2D eigenvalue weighted by molar-refractivity contribution is -0.0734. The summed E-state index contributed by atoms with van der Waals surface area (Å²) in [6.07, 6.45) is 19.0.